The monoisotopic (exact) mass is 351 g/mol. The first-order chi connectivity index (χ1) is 12.7. The minimum absolute atomic E-state index is 0.340. The lowest BCUT2D eigenvalue weighted by Gasteiger charge is -2.36. The van der Waals surface area contributed by atoms with Gasteiger partial charge in [-0.15, -0.1) is 0 Å². The van der Waals surface area contributed by atoms with Crippen LogP contribution in [0.5, 0.6) is 0 Å². The number of rotatable bonds is 4. The predicted molar refractivity (Wildman–Crippen MR) is 102 cm³/mol. The van der Waals surface area contributed by atoms with Gasteiger partial charge in [-0.3, -0.25) is 4.90 Å². The Hall–Kier alpha value is -1.72. The fourth-order valence-electron chi connectivity index (χ4n) is 4.50. The summed E-state index contributed by atoms with van der Waals surface area (Å²) in [5, 5.41) is 5.04. The maximum Gasteiger partial charge on any atom is 0.154 e. The summed E-state index contributed by atoms with van der Waals surface area (Å²) in [5.41, 5.74) is 2.97. The molecule has 0 bridgehead atoms. The Labute approximate surface area is 156 Å². The zero-order chi connectivity index (χ0) is 17.7. The lowest BCUT2D eigenvalue weighted by atomic mass is 10.1. The van der Waals surface area contributed by atoms with Gasteiger partial charge in [0, 0.05) is 32.1 Å². The minimum atomic E-state index is 0.340. The highest BCUT2D eigenvalue weighted by atomic mass is 15.4. The molecule has 2 aromatic rings. The van der Waals surface area contributed by atoms with E-state index in [0.717, 1.165) is 44.8 Å². The molecule has 1 aromatic heterocycles. The van der Waals surface area contributed by atoms with E-state index in [1.54, 1.807) is 0 Å². The third kappa shape index (κ3) is 2.97. The molecule has 1 saturated heterocycles. The molecule has 0 N–H and O–H groups in total. The van der Waals surface area contributed by atoms with E-state index in [4.69, 9.17) is 10.1 Å². The van der Waals surface area contributed by atoms with Crippen LogP contribution in [0.3, 0.4) is 0 Å². The lowest BCUT2D eigenvalue weighted by molar-refractivity contribution is 0.112. The smallest absolute Gasteiger partial charge is 0.154 e. The van der Waals surface area contributed by atoms with Crippen LogP contribution in [0.2, 0.25) is 0 Å². The second-order valence-electron chi connectivity index (χ2n) is 8.39. The maximum atomic E-state index is 5.07. The van der Waals surface area contributed by atoms with Gasteiger partial charge in [-0.05, 0) is 50.8 Å². The normalized spacial score (nSPS) is 23.3. The standard InChI is InChI=1S/C21H29N5/c1-15(25-11-9-24(2)10-12-25)21-22-20(16-7-8-16)23-26(21)19-13-17-5-3-4-6-18(17)14-19/h3-6,15-16,19H,7-14H2,1-2H3. The fraction of sp³-hybridized carbons (Fsp3) is 0.619. The molecule has 1 aliphatic heterocycles. The molecule has 0 spiro atoms. The van der Waals surface area contributed by atoms with Crippen LogP contribution >= 0.6 is 0 Å². The molecule has 2 fully saturated rings. The van der Waals surface area contributed by atoms with Gasteiger partial charge in [0.05, 0.1) is 12.1 Å². The number of nitrogens with zero attached hydrogens (tertiary/aromatic N) is 5. The lowest BCUT2D eigenvalue weighted by Crippen LogP contribution is -2.45. The number of likely N-dealkylation sites (N-methyl/N-ethyl adjacent to an activating group) is 1. The van der Waals surface area contributed by atoms with Crippen LogP contribution in [0.15, 0.2) is 24.3 Å². The molecule has 2 heterocycles. The molecule has 1 aromatic carbocycles. The van der Waals surface area contributed by atoms with Crippen molar-refractivity contribution in [1.82, 2.24) is 24.6 Å². The molecule has 0 amide bonds. The Morgan fingerprint density at radius 3 is 2.27 bits per heavy atom. The van der Waals surface area contributed by atoms with E-state index < -0.39 is 0 Å². The second-order valence-corrected chi connectivity index (χ2v) is 8.39. The van der Waals surface area contributed by atoms with Crippen molar-refractivity contribution in [2.75, 3.05) is 33.2 Å². The summed E-state index contributed by atoms with van der Waals surface area (Å²) in [6.07, 6.45) is 4.70. The molecule has 3 aliphatic rings. The molecule has 26 heavy (non-hydrogen) atoms. The van der Waals surface area contributed by atoms with Gasteiger partial charge in [0.2, 0.25) is 0 Å². The van der Waals surface area contributed by atoms with E-state index >= 15 is 0 Å². The Bertz CT molecular complexity index is 760. The van der Waals surface area contributed by atoms with Crippen molar-refractivity contribution in [3.05, 3.63) is 47.0 Å². The first-order valence-electron chi connectivity index (χ1n) is 10.1. The van der Waals surface area contributed by atoms with Crippen molar-refractivity contribution in [3.63, 3.8) is 0 Å². The van der Waals surface area contributed by atoms with Crippen LogP contribution in [0.4, 0.5) is 0 Å². The molecular weight excluding hydrogens is 322 g/mol. The van der Waals surface area contributed by atoms with Crippen molar-refractivity contribution in [2.24, 2.45) is 0 Å². The number of benzene rings is 1. The summed E-state index contributed by atoms with van der Waals surface area (Å²) in [5.74, 6) is 2.89. The van der Waals surface area contributed by atoms with Gasteiger partial charge in [-0.1, -0.05) is 24.3 Å². The van der Waals surface area contributed by atoms with E-state index in [1.807, 2.05) is 0 Å². The Kier molecular flexibility index (Phi) is 4.09. The highest BCUT2D eigenvalue weighted by Crippen LogP contribution is 2.40. The van der Waals surface area contributed by atoms with E-state index in [0.29, 0.717) is 18.0 Å². The molecule has 1 saturated carbocycles. The summed E-state index contributed by atoms with van der Waals surface area (Å²) >= 11 is 0. The molecule has 1 unspecified atom stereocenters. The highest BCUT2D eigenvalue weighted by Gasteiger charge is 2.34. The van der Waals surface area contributed by atoms with Gasteiger partial charge < -0.3 is 4.90 Å². The molecule has 2 aliphatic carbocycles. The first-order valence-corrected chi connectivity index (χ1v) is 10.1. The molecule has 5 rings (SSSR count). The fourth-order valence-corrected chi connectivity index (χ4v) is 4.50. The second kappa shape index (κ2) is 6.46. The average molecular weight is 351 g/mol. The summed E-state index contributed by atoms with van der Waals surface area (Å²) in [4.78, 5) is 10.1. The van der Waals surface area contributed by atoms with Gasteiger partial charge in [0.1, 0.15) is 5.82 Å². The topological polar surface area (TPSA) is 37.2 Å². The minimum Gasteiger partial charge on any atom is -0.304 e. The third-order valence-electron chi connectivity index (χ3n) is 6.45. The van der Waals surface area contributed by atoms with Crippen molar-refractivity contribution in [3.8, 4) is 0 Å². The summed E-state index contributed by atoms with van der Waals surface area (Å²) in [6, 6.07) is 9.64. The molecular formula is C21H29N5. The summed E-state index contributed by atoms with van der Waals surface area (Å²) in [7, 11) is 2.21. The molecule has 138 valence electrons. The Balaban J connectivity index is 1.44. The summed E-state index contributed by atoms with van der Waals surface area (Å²) in [6.45, 7) is 6.85. The number of piperazine rings is 1. The number of hydrogen-bond donors (Lipinski definition) is 0. The molecule has 1 atom stereocenters. The third-order valence-corrected chi connectivity index (χ3v) is 6.45. The van der Waals surface area contributed by atoms with Crippen LogP contribution in [-0.2, 0) is 12.8 Å². The van der Waals surface area contributed by atoms with Crippen molar-refractivity contribution in [1.29, 1.82) is 0 Å². The molecule has 5 heteroatoms. The SMILES string of the molecule is CC(c1nc(C2CC2)nn1C1Cc2ccccc2C1)N1CCN(C)CC1. The van der Waals surface area contributed by atoms with E-state index in [-0.39, 0.29) is 0 Å². The Morgan fingerprint density at radius 2 is 1.65 bits per heavy atom. The van der Waals surface area contributed by atoms with Gasteiger partial charge in [-0.25, -0.2) is 9.67 Å². The largest absolute Gasteiger partial charge is 0.304 e. The van der Waals surface area contributed by atoms with Crippen LogP contribution in [-0.4, -0.2) is 57.8 Å². The van der Waals surface area contributed by atoms with Crippen LogP contribution < -0.4 is 0 Å². The quantitative estimate of drug-likeness (QED) is 0.849. The van der Waals surface area contributed by atoms with Gasteiger partial charge in [0.15, 0.2) is 5.82 Å². The van der Waals surface area contributed by atoms with E-state index in [1.165, 1.54) is 29.8 Å². The zero-order valence-corrected chi connectivity index (χ0v) is 15.9. The number of fused-ring (bicyclic) bond motifs is 1. The molecule has 0 radical (unpaired) electrons. The van der Waals surface area contributed by atoms with Gasteiger partial charge >= 0.3 is 0 Å². The van der Waals surface area contributed by atoms with Crippen LogP contribution in [0.1, 0.15) is 60.5 Å². The van der Waals surface area contributed by atoms with Crippen LogP contribution in [0.25, 0.3) is 0 Å². The average Bonchev–Trinajstić information content (AvgIpc) is 3.27. The van der Waals surface area contributed by atoms with Crippen LogP contribution in [0, 0.1) is 0 Å². The van der Waals surface area contributed by atoms with Crippen molar-refractivity contribution < 1.29 is 0 Å². The number of aromatic nitrogens is 3. The number of hydrogen-bond acceptors (Lipinski definition) is 4. The van der Waals surface area contributed by atoms with Gasteiger partial charge in [-0.2, -0.15) is 5.10 Å². The maximum absolute atomic E-state index is 5.07. The first kappa shape index (κ1) is 16.5. The predicted octanol–water partition coefficient (Wildman–Crippen LogP) is 2.80. The van der Waals surface area contributed by atoms with E-state index in [2.05, 4.69) is 52.7 Å². The summed E-state index contributed by atoms with van der Waals surface area (Å²) < 4.78 is 2.30. The highest BCUT2D eigenvalue weighted by molar-refractivity contribution is 5.33. The van der Waals surface area contributed by atoms with Crippen molar-refractivity contribution >= 4 is 0 Å². The van der Waals surface area contributed by atoms with Crippen molar-refractivity contribution in [2.45, 2.75) is 50.6 Å². The Morgan fingerprint density at radius 1 is 1.00 bits per heavy atom. The van der Waals surface area contributed by atoms with E-state index in [9.17, 15) is 0 Å². The zero-order valence-electron chi connectivity index (χ0n) is 15.9. The van der Waals surface area contributed by atoms with Gasteiger partial charge in [0.25, 0.3) is 0 Å². The molecule has 5 nitrogen and oxygen atoms in total.